The van der Waals surface area contributed by atoms with Crippen LogP contribution in [0.3, 0.4) is 0 Å². The number of amidine groups is 1. The van der Waals surface area contributed by atoms with Crippen LogP contribution in [-0.4, -0.2) is 34.4 Å². The lowest BCUT2D eigenvalue weighted by Gasteiger charge is -2.39. The number of aliphatic imine (C=N–C) groups is 1. The van der Waals surface area contributed by atoms with E-state index in [0.717, 1.165) is 24.5 Å². The van der Waals surface area contributed by atoms with E-state index in [1.807, 2.05) is 48.7 Å². The molecule has 5 nitrogen and oxygen atoms in total. The summed E-state index contributed by atoms with van der Waals surface area (Å²) in [7, 11) is 0. The Balaban J connectivity index is 2.28. The molecule has 1 aromatic rings. The SMILES string of the molecule is CCN(CC)[N+]12C=C[C]=CC1=NC(c1ccccc1)=C2C(N)=O. The maximum atomic E-state index is 12.4. The van der Waals surface area contributed by atoms with Crippen molar-refractivity contribution >= 4 is 17.4 Å². The molecule has 5 heteroatoms. The van der Waals surface area contributed by atoms with Gasteiger partial charge in [-0.05, 0) is 19.9 Å². The second kappa shape index (κ2) is 5.95. The predicted molar refractivity (Wildman–Crippen MR) is 90.1 cm³/mol. The summed E-state index contributed by atoms with van der Waals surface area (Å²) in [6.45, 7) is 5.63. The zero-order valence-electron chi connectivity index (χ0n) is 13.4. The van der Waals surface area contributed by atoms with Gasteiger partial charge in [0.05, 0.1) is 0 Å². The van der Waals surface area contributed by atoms with Crippen LogP contribution in [0.5, 0.6) is 0 Å². The number of rotatable bonds is 5. The number of carbonyl (C=O) groups is 1. The topological polar surface area (TPSA) is 58.7 Å². The van der Waals surface area contributed by atoms with Gasteiger partial charge in [0.15, 0.2) is 0 Å². The summed E-state index contributed by atoms with van der Waals surface area (Å²) >= 11 is 0. The number of nitrogens with zero attached hydrogens (tertiary/aromatic N) is 3. The van der Waals surface area contributed by atoms with Crippen molar-refractivity contribution in [3.8, 4) is 0 Å². The number of carbonyl (C=O) groups excluding carboxylic acids is 1. The number of nitrogens with two attached hydrogens (primary N) is 1. The average molecular weight is 308 g/mol. The van der Waals surface area contributed by atoms with E-state index in [4.69, 9.17) is 10.7 Å². The highest BCUT2D eigenvalue weighted by Gasteiger charge is 2.51. The Kier molecular flexibility index (Phi) is 3.98. The van der Waals surface area contributed by atoms with Gasteiger partial charge in [0.1, 0.15) is 11.9 Å². The highest BCUT2D eigenvalue weighted by Crippen LogP contribution is 2.39. The van der Waals surface area contributed by atoms with Crippen molar-refractivity contribution in [3.05, 3.63) is 66.0 Å². The van der Waals surface area contributed by atoms with Crippen LogP contribution in [0.4, 0.5) is 0 Å². The fourth-order valence-corrected chi connectivity index (χ4v) is 3.21. The number of quaternary nitrogens is 1. The van der Waals surface area contributed by atoms with Gasteiger partial charge in [0, 0.05) is 30.8 Å². The number of hydrogen-bond acceptors (Lipinski definition) is 3. The highest BCUT2D eigenvalue weighted by molar-refractivity contribution is 6.07. The quantitative estimate of drug-likeness (QED) is 0.848. The molecule has 0 spiro atoms. The predicted octanol–water partition coefficient (Wildman–Crippen LogP) is 2.21. The molecule has 1 radical (unpaired) electrons. The molecule has 2 aliphatic heterocycles. The van der Waals surface area contributed by atoms with Crippen LogP contribution in [0.15, 0.2) is 59.4 Å². The molecule has 0 saturated carbocycles. The summed E-state index contributed by atoms with van der Waals surface area (Å²) in [5.74, 6) is 0.276. The monoisotopic (exact) mass is 308 g/mol. The number of allylic oxidation sites excluding steroid dienone is 2. The Morgan fingerprint density at radius 2 is 1.96 bits per heavy atom. The van der Waals surface area contributed by atoms with Gasteiger partial charge in [-0.3, -0.25) is 4.79 Å². The van der Waals surface area contributed by atoms with E-state index in [-0.39, 0.29) is 4.59 Å². The van der Waals surface area contributed by atoms with Crippen molar-refractivity contribution in [2.24, 2.45) is 10.7 Å². The minimum atomic E-state index is -0.463. The molecule has 2 heterocycles. The van der Waals surface area contributed by atoms with Gasteiger partial charge in [-0.25, -0.2) is 0 Å². The summed E-state index contributed by atoms with van der Waals surface area (Å²) in [4.78, 5) is 17.1. The van der Waals surface area contributed by atoms with E-state index in [1.54, 1.807) is 0 Å². The van der Waals surface area contributed by atoms with Gasteiger partial charge in [-0.1, -0.05) is 30.3 Å². The Hall–Kier alpha value is -2.50. The van der Waals surface area contributed by atoms with Crippen molar-refractivity contribution in [2.45, 2.75) is 13.8 Å². The van der Waals surface area contributed by atoms with E-state index in [1.165, 1.54) is 0 Å². The molecule has 1 unspecified atom stereocenters. The fraction of sp³-hybridized carbons (Fsp3) is 0.222. The molecule has 3 rings (SSSR count). The van der Waals surface area contributed by atoms with Crippen molar-refractivity contribution in [1.29, 1.82) is 0 Å². The Labute approximate surface area is 136 Å². The molecule has 2 aliphatic rings. The second-order valence-electron chi connectivity index (χ2n) is 5.35. The third-order valence-electron chi connectivity index (χ3n) is 4.20. The van der Waals surface area contributed by atoms with E-state index in [9.17, 15) is 4.79 Å². The third kappa shape index (κ3) is 2.25. The average Bonchev–Trinajstić information content (AvgIpc) is 2.92. The molecule has 117 valence electrons. The third-order valence-corrected chi connectivity index (χ3v) is 4.20. The summed E-state index contributed by atoms with van der Waals surface area (Å²) in [6, 6.07) is 9.68. The van der Waals surface area contributed by atoms with Crippen LogP contribution in [0.2, 0.25) is 0 Å². The molecule has 0 bridgehead atoms. The first kappa shape index (κ1) is 15.4. The van der Waals surface area contributed by atoms with Crippen LogP contribution in [0, 0.1) is 6.08 Å². The highest BCUT2D eigenvalue weighted by atomic mass is 16.2. The summed E-state index contributed by atoms with van der Waals surface area (Å²) < 4.78 is 0.138. The van der Waals surface area contributed by atoms with Crippen LogP contribution < -0.4 is 5.73 Å². The van der Waals surface area contributed by atoms with Gasteiger partial charge in [0.2, 0.25) is 0 Å². The van der Waals surface area contributed by atoms with Crippen LogP contribution >= 0.6 is 0 Å². The molecule has 1 amide bonds. The molecule has 1 aromatic carbocycles. The molecule has 23 heavy (non-hydrogen) atoms. The van der Waals surface area contributed by atoms with Crippen LogP contribution in [0.25, 0.3) is 5.70 Å². The number of primary amides is 1. The smallest absolute Gasteiger partial charge is 0.308 e. The largest absolute Gasteiger partial charge is 0.361 e. The lowest BCUT2D eigenvalue weighted by Crippen LogP contribution is -2.60. The Morgan fingerprint density at radius 1 is 1.26 bits per heavy atom. The molecule has 0 aromatic heterocycles. The van der Waals surface area contributed by atoms with Gasteiger partial charge < -0.3 is 5.73 Å². The molecular formula is C18H20N4O+. The normalized spacial score (nSPS) is 22.5. The summed E-state index contributed by atoms with van der Waals surface area (Å²) in [5, 5.41) is 2.14. The summed E-state index contributed by atoms with van der Waals surface area (Å²) in [5.41, 5.74) is 7.77. The van der Waals surface area contributed by atoms with Crippen molar-refractivity contribution in [1.82, 2.24) is 5.01 Å². The van der Waals surface area contributed by atoms with E-state index in [0.29, 0.717) is 11.4 Å². The lowest BCUT2D eigenvalue weighted by atomic mass is 10.1. The van der Waals surface area contributed by atoms with E-state index < -0.39 is 5.91 Å². The maximum absolute atomic E-state index is 12.4. The molecular weight excluding hydrogens is 288 g/mol. The number of hydrogen-bond donors (Lipinski definition) is 1. The van der Waals surface area contributed by atoms with Crippen molar-refractivity contribution in [3.63, 3.8) is 0 Å². The summed E-state index contributed by atoms with van der Waals surface area (Å²) in [6.07, 6.45) is 8.61. The first-order valence-corrected chi connectivity index (χ1v) is 7.75. The molecule has 0 fully saturated rings. The molecule has 2 N–H and O–H groups in total. The second-order valence-corrected chi connectivity index (χ2v) is 5.35. The standard InChI is InChI=1S/C18H19N4O/c1-3-21(4-2)22-13-9-8-12-15(22)20-16(17(22)18(19)23)14-10-6-5-7-11-14/h5-7,9-13H,3-4H2,1-2H3,(H-,19,23)/p+1. The lowest BCUT2D eigenvalue weighted by molar-refractivity contribution is -0.872. The minimum absolute atomic E-state index is 0.138. The first-order chi connectivity index (χ1) is 11.1. The molecule has 0 saturated heterocycles. The minimum Gasteiger partial charge on any atom is -0.361 e. The molecule has 0 aliphatic carbocycles. The molecule has 1 atom stereocenters. The van der Waals surface area contributed by atoms with Gasteiger partial charge in [0.25, 0.3) is 11.5 Å². The fourth-order valence-electron chi connectivity index (χ4n) is 3.21. The van der Waals surface area contributed by atoms with Gasteiger partial charge in [-0.15, -0.1) is 9.60 Å². The van der Waals surface area contributed by atoms with Crippen molar-refractivity contribution < 1.29 is 9.39 Å². The van der Waals surface area contributed by atoms with Crippen molar-refractivity contribution in [2.75, 3.05) is 13.1 Å². The number of fused-ring (bicyclic) bond motifs is 1. The Bertz CT molecular complexity index is 742. The van der Waals surface area contributed by atoms with Gasteiger partial charge in [-0.2, -0.15) is 4.99 Å². The zero-order chi connectivity index (χ0) is 16.4. The maximum Gasteiger partial charge on any atom is 0.308 e. The number of amides is 1. The van der Waals surface area contributed by atoms with E-state index >= 15 is 0 Å². The Morgan fingerprint density at radius 3 is 2.57 bits per heavy atom. The van der Waals surface area contributed by atoms with Gasteiger partial charge >= 0.3 is 5.91 Å². The van der Waals surface area contributed by atoms with Crippen LogP contribution in [-0.2, 0) is 4.79 Å². The number of benzene rings is 1. The first-order valence-electron chi connectivity index (χ1n) is 7.75. The zero-order valence-corrected chi connectivity index (χ0v) is 13.4. The van der Waals surface area contributed by atoms with E-state index in [2.05, 4.69) is 24.9 Å². The van der Waals surface area contributed by atoms with Crippen LogP contribution in [0.1, 0.15) is 19.4 Å².